The van der Waals surface area contributed by atoms with E-state index in [9.17, 15) is 4.79 Å². The minimum atomic E-state index is 0.101. The largest absolute Gasteiger partial charge is 0.468 e. The van der Waals surface area contributed by atoms with Gasteiger partial charge in [0.25, 0.3) is 0 Å². The van der Waals surface area contributed by atoms with E-state index in [0.717, 1.165) is 5.76 Å². The Bertz CT molecular complexity index is 241. The Labute approximate surface area is 71.8 Å². The molecule has 1 atom stereocenters. The molecule has 0 bridgehead atoms. The van der Waals surface area contributed by atoms with Gasteiger partial charge in [-0.3, -0.25) is 4.79 Å². The first-order valence-corrected chi connectivity index (χ1v) is 3.96. The lowest BCUT2D eigenvalue weighted by atomic mass is 10.2. The summed E-state index contributed by atoms with van der Waals surface area (Å²) < 4.78 is 5.15. The Hall–Kier alpha value is -1.09. The van der Waals surface area contributed by atoms with Gasteiger partial charge in [-0.05, 0) is 26.0 Å². The van der Waals surface area contributed by atoms with Crippen molar-refractivity contribution in [3.63, 3.8) is 0 Å². The van der Waals surface area contributed by atoms with Crippen LogP contribution in [0.1, 0.15) is 25.6 Å². The van der Waals surface area contributed by atoms with Gasteiger partial charge in [-0.15, -0.1) is 0 Å². The number of rotatable bonds is 4. The lowest BCUT2D eigenvalue weighted by Gasteiger charge is -2.08. The van der Waals surface area contributed by atoms with Gasteiger partial charge in [0.1, 0.15) is 11.5 Å². The predicted molar refractivity (Wildman–Crippen MR) is 45.8 cm³/mol. The zero-order chi connectivity index (χ0) is 8.97. The molecule has 1 heterocycles. The van der Waals surface area contributed by atoms with E-state index in [2.05, 4.69) is 5.32 Å². The third-order valence-electron chi connectivity index (χ3n) is 1.63. The van der Waals surface area contributed by atoms with Crippen molar-refractivity contribution < 1.29 is 9.21 Å². The highest BCUT2D eigenvalue weighted by molar-refractivity contribution is 5.77. The maximum atomic E-state index is 10.6. The molecule has 1 N–H and O–H groups in total. The molecule has 0 amide bonds. The molecular weight excluding hydrogens is 154 g/mol. The molecule has 0 fully saturated rings. The van der Waals surface area contributed by atoms with Gasteiger partial charge in [-0.25, -0.2) is 0 Å². The van der Waals surface area contributed by atoms with Gasteiger partial charge < -0.3 is 9.73 Å². The monoisotopic (exact) mass is 167 g/mol. The first-order valence-electron chi connectivity index (χ1n) is 3.96. The molecule has 0 saturated carbocycles. The Morgan fingerprint density at radius 1 is 1.75 bits per heavy atom. The summed E-state index contributed by atoms with van der Waals surface area (Å²) in [5.74, 6) is 0.990. The van der Waals surface area contributed by atoms with E-state index < -0.39 is 0 Å². The first-order chi connectivity index (χ1) is 5.70. The molecule has 0 saturated heterocycles. The molecule has 1 aromatic rings. The number of carbonyl (C=O) groups is 1. The summed E-state index contributed by atoms with van der Waals surface area (Å²) in [6, 6.07) is 3.82. The average molecular weight is 167 g/mol. The summed E-state index contributed by atoms with van der Waals surface area (Å²) in [4.78, 5) is 10.6. The molecule has 0 aliphatic heterocycles. The Morgan fingerprint density at radius 2 is 2.50 bits per heavy atom. The van der Waals surface area contributed by atoms with Gasteiger partial charge in [-0.1, -0.05) is 0 Å². The lowest BCUT2D eigenvalue weighted by molar-refractivity contribution is -0.116. The van der Waals surface area contributed by atoms with Crippen LogP contribution in [0.15, 0.2) is 22.8 Å². The third kappa shape index (κ3) is 2.51. The van der Waals surface area contributed by atoms with Crippen molar-refractivity contribution in [2.24, 2.45) is 0 Å². The smallest absolute Gasteiger partial charge is 0.143 e. The van der Waals surface area contributed by atoms with Gasteiger partial charge in [0.2, 0.25) is 0 Å². The average Bonchev–Trinajstić information content (AvgIpc) is 2.51. The number of carbonyl (C=O) groups excluding carboxylic acids is 1. The molecule has 0 aromatic carbocycles. The third-order valence-corrected chi connectivity index (χ3v) is 1.63. The van der Waals surface area contributed by atoms with E-state index >= 15 is 0 Å². The van der Waals surface area contributed by atoms with E-state index in [4.69, 9.17) is 4.42 Å². The van der Waals surface area contributed by atoms with Gasteiger partial charge in [-0.2, -0.15) is 0 Å². The van der Waals surface area contributed by atoms with Crippen LogP contribution in [0.25, 0.3) is 0 Å². The van der Waals surface area contributed by atoms with Gasteiger partial charge in [0.05, 0.1) is 18.8 Å². The maximum absolute atomic E-state index is 10.6. The predicted octanol–water partition coefficient (Wildman–Crippen LogP) is 1.52. The molecule has 66 valence electrons. The standard InChI is InChI=1S/C9H13NO2/c1-7(11)6-10-8(2)9-4-3-5-12-9/h3-5,8,10H,6H2,1-2H3. The van der Waals surface area contributed by atoms with E-state index in [1.165, 1.54) is 0 Å². The van der Waals surface area contributed by atoms with Crippen molar-refractivity contribution in [1.82, 2.24) is 5.32 Å². The Morgan fingerprint density at radius 3 is 3.00 bits per heavy atom. The fraction of sp³-hybridized carbons (Fsp3) is 0.444. The fourth-order valence-corrected chi connectivity index (χ4v) is 0.935. The quantitative estimate of drug-likeness (QED) is 0.739. The summed E-state index contributed by atoms with van der Waals surface area (Å²) in [6.07, 6.45) is 1.63. The van der Waals surface area contributed by atoms with E-state index in [-0.39, 0.29) is 11.8 Å². The van der Waals surface area contributed by atoms with Crippen LogP contribution in [0, 0.1) is 0 Å². The number of nitrogens with one attached hydrogen (secondary N) is 1. The zero-order valence-corrected chi connectivity index (χ0v) is 7.33. The Balaban J connectivity index is 2.39. The second kappa shape index (κ2) is 4.07. The molecule has 3 nitrogen and oxygen atoms in total. The van der Waals surface area contributed by atoms with Crippen molar-refractivity contribution in [1.29, 1.82) is 0 Å². The minimum Gasteiger partial charge on any atom is -0.468 e. The van der Waals surface area contributed by atoms with E-state index in [1.54, 1.807) is 13.2 Å². The van der Waals surface area contributed by atoms with Crippen LogP contribution in [-0.2, 0) is 4.79 Å². The van der Waals surface area contributed by atoms with Crippen molar-refractivity contribution in [2.75, 3.05) is 6.54 Å². The number of Topliss-reactive ketones (excluding diaryl/α,β-unsaturated/α-hetero) is 1. The van der Waals surface area contributed by atoms with Crippen LogP contribution in [0.3, 0.4) is 0 Å². The fourth-order valence-electron chi connectivity index (χ4n) is 0.935. The SMILES string of the molecule is CC(=O)CNC(C)c1ccco1. The second-order valence-corrected chi connectivity index (χ2v) is 2.82. The van der Waals surface area contributed by atoms with Crippen LogP contribution in [-0.4, -0.2) is 12.3 Å². The molecular formula is C9H13NO2. The zero-order valence-electron chi connectivity index (χ0n) is 7.33. The van der Waals surface area contributed by atoms with Crippen LogP contribution in [0.2, 0.25) is 0 Å². The highest BCUT2D eigenvalue weighted by Gasteiger charge is 2.06. The lowest BCUT2D eigenvalue weighted by Crippen LogP contribution is -2.23. The van der Waals surface area contributed by atoms with Crippen molar-refractivity contribution >= 4 is 5.78 Å². The summed E-state index contributed by atoms with van der Waals surface area (Å²) in [5.41, 5.74) is 0. The Kier molecular flexibility index (Phi) is 3.05. The second-order valence-electron chi connectivity index (χ2n) is 2.82. The minimum absolute atomic E-state index is 0.101. The van der Waals surface area contributed by atoms with Crippen LogP contribution < -0.4 is 5.32 Å². The maximum Gasteiger partial charge on any atom is 0.143 e. The van der Waals surface area contributed by atoms with Gasteiger partial charge in [0.15, 0.2) is 0 Å². The van der Waals surface area contributed by atoms with Crippen LogP contribution in [0.4, 0.5) is 0 Å². The van der Waals surface area contributed by atoms with E-state index in [1.807, 2.05) is 19.1 Å². The first kappa shape index (κ1) is 9.00. The molecule has 1 rings (SSSR count). The molecule has 1 unspecified atom stereocenters. The number of ketones is 1. The normalized spacial score (nSPS) is 12.8. The topological polar surface area (TPSA) is 42.2 Å². The molecule has 0 aliphatic rings. The van der Waals surface area contributed by atoms with Gasteiger partial charge >= 0.3 is 0 Å². The highest BCUT2D eigenvalue weighted by atomic mass is 16.3. The summed E-state index contributed by atoms with van der Waals surface area (Å²) in [6.45, 7) is 3.91. The number of hydrogen-bond acceptors (Lipinski definition) is 3. The van der Waals surface area contributed by atoms with Crippen LogP contribution in [0.5, 0.6) is 0 Å². The van der Waals surface area contributed by atoms with Crippen molar-refractivity contribution in [2.45, 2.75) is 19.9 Å². The molecule has 12 heavy (non-hydrogen) atoms. The summed E-state index contributed by atoms with van der Waals surface area (Å²) >= 11 is 0. The molecule has 0 spiro atoms. The number of hydrogen-bond donors (Lipinski definition) is 1. The highest BCUT2D eigenvalue weighted by Crippen LogP contribution is 2.11. The number of furan rings is 1. The van der Waals surface area contributed by atoms with Crippen molar-refractivity contribution in [3.8, 4) is 0 Å². The molecule has 0 radical (unpaired) electrons. The van der Waals surface area contributed by atoms with E-state index in [0.29, 0.717) is 6.54 Å². The molecule has 0 aliphatic carbocycles. The molecule has 1 aromatic heterocycles. The van der Waals surface area contributed by atoms with Crippen molar-refractivity contribution in [3.05, 3.63) is 24.2 Å². The van der Waals surface area contributed by atoms with Gasteiger partial charge in [0, 0.05) is 0 Å². The summed E-state index contributed by atoms with van der Waals surface area (Å²) in [5, 5.41) is 3.04. The van der Waals surface area contributed by atoms with Crippen LogP contribution >= 0.6 is 0 Å². The molecule has 3 heteroatoms. The summed E-state index contributed by atoms with van der Waals surface area (Å²) in [7, 11) is 0.